The van der Waals surface area contributed by atoms with Crippen LogP contribution in [0.25, 0.3) is 10.8 Å². The summed E-state index contributed by atoms with van der Waals surface area (Å²) in [6.45, 7) is 8.81. The highest BCUT2D eigenvalue weighted by Gasteiger charge is 2.21. The minimum absolute atomic E-state index is 0.526. The van der Waals surface area contributed by atoms with Gasteiger partial charge in [-0.1, -0.05) is 73.3 Å². The molecule has 1 N–H and O–H groups in total. The number of likely N-dealkylation sites (tertiary alicyclic amines) is 1. The zero-order valence-corrected chi connectivity index (χ0v) is 16.3. The predicted molar refractivity (Wildman–Crippen MR) is 117 cm³/mol. The van der Waals surface area contributed by atoms with E-state index < -0.39 is 0 Å². The van der Waals surface area contributed by atoms with Gasteiger partial charge in [0.05, 0.1) is 0 Å². The topological polar surface area (TPSA) is 24.5 Å². The van der Waals surface area contributed by atoms with Crippen LogP contribution in [0.4, 0.5) is 0 Å². The predicted octanol–water partition coefficient (Wildman–Crippen LogP) is 4.64. The molecule has 0 aliphatic carbocycles. The van der Waals surface area contributed by atoms with Crippen molar-refractivity contribution >= 4 is 10.8 Å². The fourth-order valence-corrected chi connectivity index (χ4v) is 3.83. The second-order valence-electron chi connectivity index (χ2n) is 7.60. The molecule has 3 heteroatoms. The van der Waals surface area contributed by atoms with E-state index in [2.05, 4.69) is 71.4 Å². The van der Waals surface area contributed by atoms with Crippen molar-refractivity contribution in [1.29, 1.82) is 0 Å². The van der Waals surface area contributed by atoms with Gasteiger partial charge in [0.15, 0.2) is 0 Å². The highest BCUT2D eigenvalue weighted by molar-refractivity contribution is 5.88. The summed E-state index contributed by atoms with van der Waals surface area (Å²) >= 11 is 0. The summed E-state index contributed by atoms with van der Waals surface area (Å²) in [4.78, 5) is 2.52. The van der Waals surface area contributed by atoms with E-state index in [1.54, 1.807) is 0 Å². The van der Waals surface area contributed by atoms with Crippen molar-refractivity contribution in [2.45, 2.75) is 19.0 Å². The zero-order chi connectivity index (χ0) is 19.2. The van der Waals surface area contributed by atoms with Gasteiger partial charge in [-0.3, -0.25) is 4.90 Å². The van der Waals surface area contributed by atoms with Crippen molar-refractivity contribution in [3.8, 4) is 5.75 Å². The molecule has 28 heavy (non-hydrogen) atoms. The third-order valence-electron chi connectivity index (χ3n) is 5.34. The molecular weight excluding hydrogens is 344 g/mol. The van der Waals surface area contributed by atoms with E-state index in [1.165, 1.54) is 17.4 Å². The van der Waals surface area contributed by atoms with Crippen molar-refractivity contribution in [3.63, 3.8) is 0 Å². The molecule has 144 valence electrons. The smallest absolute Gasteiger partial charge is 0.127 e. The molecule has 1 fully saturated rings. The minimum Gasteiger partial charge on any atom is -0.489 e. The molecule has 3 aromatic rings. The van der Waals surface area contributed by atoms with Crippen LogP contribution in [0.3, 0.4) is 0 Å². The molecule has 1 unspecified atom stereocenters. The Morgan fingerprint density at radius 3 is 2.68 bits per heavy atom. The molecule has 0 amide bonds. The molecule has 0 saturated carbocycles. The number of nitrogens with zero attached hydrogens (tertiary/aromatic N) is 1. The van der Waals surface area contributed by atoms with Crippen LogP contribution >= 0.6 is 0 Å². The van der Waals surface area contributed by atoms with Crippen LogP contribution in [0, 0.1) is 0 Å². The summed E-state index contributed by atoms with van der Waals surface area (Å²) in [6, 6.07) is 25.7. The molecule has 3 aromatic carbocycles. The molecule has 0 radical (unpaired) electrons. The minimum atomic E-state index is 0.526. The summed E-state index contributed by atoms with van der Waals surface area (Å²) in [7, 11) is 0. The van der Waals surface area contributed by atoms with Crippen LogP contribution in [0.2, 0.25) is 0 Å². The van der Waals surface area contributed by atoms with E-state index in [9.17, 15) is 0 Å². The van der Waals surface area contributed by atoms with Gasteiger partial charge < -0.3 is 10.1 Å². The summed E-state index contributed by atoms with van der Waals surface area (Å²) in [5, 5.41) is 6.00. The third-order valence-corrected chi connectivity index (χ3v) is 5.34. The Labute approximate surface area is 167 Å². The Kier molecular flexibility index (Phi) is 6.05. The summed E-state index contributed by atoms with van der Waals surface area (Å²) in [5.74, 6) is 0.925. The fraction of sp³-hybridized carbons (Fsp3) is 0.280. The Morgan fingerprint density at radius 2 is 1.79 bits per heavy atom. The molecule has 0 aromatic heterocycles. The lowest BCUT2D eigenvalue weighted by atomic mass is 10.1. The van der Waals surface area contributed by atoms with Crippen LogP contribution in [0.1, 0.15) is 12.0 Å². The average molecular weight is 373 g/mol. The highest BCUT2D eigenvalue weighted by atomic mass is 16.5. The molecule has 3 nitrogen and oxygen atoms in total. The first kappa shape index (κ1) is 18.7. The number of hydrogen-bond donors (Lipinski definition) is 1. The second-order valence-corrected chi connectivity index (χ2v) is 7.60. The molecule has 1 atom stereocenters. The maximum atomic E-state index is 6.05. The summed E-state index contributed by atoms with van der Waals surface area (Å²) in [5.41, 5.74) is 2.46. The maximum absolute atomic E-state index is 6.05. The van der Waals surface area contributed by atoms with Crippen LogP contribution in [0.5, 0.6) is 5.75 Å². The van der Waals surface area contributed by atoms with Gasteiger partial charge in [0.1, 0.15) is 12.4 Å². The van der Waals surface area contributed by atoms with Gasteiger partial charge in [0.2, 0.25) is 0 Å². The number of ether oxygens (including phenoxy) is 1. The number of benzene rings is 3. The Balaban J connectivity index is 1.22. The van der Waals surface area contributed by atoms with E-state index in [0.717, 1.165) is 42.9 Å². The van der Waals surface area contributed by atoms with Crippen molar-refractivity contribution in [2.24, 2.45) is 0 Å². The molecule has 1 heterocycles. The number of hydrogen-bond acceptors (Lipinski definition) is 3. The highest BCUT2D eigenvalue weighted by Crippen LogP contribution is 2.25. The first-order chi connectivity index (χ1) is 13.8. The first-order valence-electron chi connectivity index (χ1n) is 10.0. The quantitative estimate of drug-likeness (QED) is 0.583. The van der Waals surface area contributed by atoms with E-state index in [0.29, 0.717) is 12.6 Å². The van der Waals surface area contributed by atoms with Crippen molar-refractivity contribution in [3.05, 3.63) is 90.5 Å². The van der Waals surface area contributed by atoms with Crippen molar-refractivity contribution < 1.29 is 4.74 Å². The molecule has 1 aliphatic rings. The maximum Gasteiger partial charge on any atom is 0.127 e. The third kappa shape index (κ3) is 4.80. The van der Waals surface area contributed by atoms with Crippen molar-refractivity contribution in [1.82, 2.24) is 10.2 Å². The molecular formula is C25H28N2O. The SMILES string of the molecule is C=C(CNC1CCN(Cc2ccccc2)C1)COc1cccc2ccccc12. The Bertz CT molecular complexity index is 917. The molecule has 1 aliphatic heterocycles. The van der Waals surface area contributed by atoms with Gasteiger partial charge in [0, 0.05) is 37.6 Å². The lowest BCUT2D eigenvalue weighted by molar-refractivity contribution is 0.319. The van der Waals surface area contributed by atoms with Crippen LogP contribution in [-0.2, 0) is 6.54 Å². The Morgan fingerprint density at radius 1 is 1.00 bits per heavy atom. The first-order valence-corrected chi connectivity index (χ1v) is 10.0. The van der Waals surface area contributed by atoms with Crippen LogP contribution in [-0.4, -0.2) is 37.2 Å². The zero-order valence-electron chi connectivity index (χ0n) is 16.3. The lowest BCUT2D eigenvalue weighted by Crippen LogP contribution is -2.34. The van der Waals surface area contributed by atoms with Gasteiger partial charge >= 0.3 is 0 Å². The summed E-state index contributed by atoms with van der Waals surface area (Å²) in [6.07, 6.45) is 1.18. The standard InChI is InChI=1S/C25H28N2O/c1-20(19-28-25-13-7-11-22-10-5-6-12-24(22)25)16-26-23-14-15-27(18-23)17-21-8-3-2-4-9-21/h2-13,23,26H,1,14-19H2. The second kappa shape index (κ2) is 9.05. The number of nitrogens with one attached hydrogen (secondary N) is 1. The van der Waals surface area contributed by atoms with Gasteiger partial charge in [-0.05, 0) is 29.0 Å². The summed E-state index contributed by atoms with van der Waals surface area (Å²) < 4.78 is 6.05. The lowest BCUT2D eigenvalue weighted by Gasteiger charge is -2.17. The molecule has 0 bridgehead atoms. The monoisotopic (exact) mass is 372 g/mol. The fourth-order valence-electron chi connectivity index (χ4n) is 3.83. The molecule has 0 spiro atoms. The van der Waals surface area contributed by atoms with E-state index in [4.69, 9.17) is 4.74 Å². The van der Waals surface area contributed by atoms with Gasteiger partial charge in [-0.2, -0.15) is 0 Å². The molecule has 1 saturated heterocycles. The Hall–Kier alpha value is -2.62. The van der Waals surface area contributed by atoms with Crippen LogP contribution in [0.15, 0.2) is 84.9 Å². The number of rotatable bonds is 8. The van der Waals surface area contributed by atoms with E-state index in [-0.39, 0.29) is 0 Å². The van der Waals surface area contributed by atoms with Crippen molar-refractivity contribution in [2.75, 3.05) is 26.2 Å². The molecule has 4 rings (SSSR count). The average Bonchev–Trinajstić information content (AvgIpc) is 3.18. The van der Waals surface area contributed by atoms with Crippen LogP contribution < -0.4 is 10.1 Å². The van der Waals surface area contributed by atoms with Gasteiger partial charge in [0.25, 0.3) is 0 Å². The largest absolute Gasteiger partial charge is 0.489 e. The van der Waals surface area contributed by atoms with E-state index in [1.807, 2.05) is 18.2 Å². The normalized spacial score (nSPS) is 17.1. The van der Waals surface area contributed by atoms with E-state index >= 15 is 0 Å². The number of fused-ring (bicyclic) bond motifs is 1. The van der Waals surface area contributed by atoms with Gasteiger partial charge in [-0.25, -0.2) is 0 Å². The van der Waals surface area contributed by atoms with Gasteiger partial charge in [-0.15, -0.1) is 0 Å².